The van der Waals surface area contributed by atoms with Crippen molar-refractivity contribution in [1.82, 2.24) is 4.72 Å². The molecule has 3 rings (SSSR count). The van der Waals surface area contributed by atoms with Gasteiger partial charge in [0.15, 0.2) is 11.5 Å². The molecule has 1 atom stereocenters. The lowest BCUT2D eigenvalue weighted by atomic mass is 10.1. The fourth-order valence-corrected chi connectivity index (χ4v) is 4.47. The molecule has 33 heavy (non-hydrogen) atoms. The average molecular weight is 473 g/mol. The molecule has 0 unspecified atom stereocenters. The Morgan fingerprint density at radius 1 is 1.00 bits per heavy atom. The van der Waals surface area contributed by atoms with E-state index in [-0.39, 0.29) is 6.42 Å². The van der Waals surface area contributed by atoms with Gasteiger partial charge in [0.05, 0.1) is 13.7 Å². The van der Waals surface area contributed by atoms with Gasteiger partial charge in [-0.2, -0.15) is 4.72 Å². The Balaban J connectivity index is 1.88. The molecule has 3 aromatic carbocycles. The van der Waals surface area contributed by atoms with E-state index in [1.54, 1.807) is 42.5 Å². The molecule has 7 nitrogen and oxygen atoms in total. The van der Waals surface area contributed by atoms with Crippen molar-refractivity contribution >= 4 is 21.6 Å². The highest BCUT2D eigenvalue weighted by Crippen LogP contribution is 2.30. The lowest BCUT2D eigenvalue weighted by Gasteiger charge is -2.19. The van der Waals surface area contributed by atoms with Crippen molar-refractivity contribution in [2.45, 2.75) is 24.3 Å². The predicted octanol–water partition coefficient (Wildman–Crippen LogP) is 3.76. The summed E-state index contributed by atoms with van der Waals surface area (Å²) in [4.78, 5) is 12.6. The second-order valence-electron chi connectivity index (χ2n) is 7.08. The summed E-state index contributed by atoms with van der Waals surface area (Å²) >= 11 is 0. The number of nitrogens with one attached hydrogen (secondary N) is 2. The number of hydrogen-bond acceptors (Lipinski definition) is 5. The van der Waals surface area contributed by atoms with E-state index in [1.165, 1.54) is 19.2 Å². The van der Waals surface area contributed by atoms with Crippen LogP contribution in [-0.2, 0) is 21.2 Å². The fourth-order valence-electron chi connectivity index (χ4n) is 3.20. The molecule has 0 saturated heterocycles. The number of amides is 1. The van der Waals surface area contributed by atoms with Crippen LogP contribution in [0.1, 0.15) is 12.5 Å². The third kappa shape index (κ3) is 6.30. The maximum atomic E-state index is 14.1. The first-order chi connectivity index (χ1) is 15.8. The summed E-state index contributed by atoms with van der Waals surface area (Å²) < 4.78 is 53.0. The Labute approximate surface area is 192 Å². The van der Waals surface area contributed by atoms with Crippen LogP contribution in [0.2, 0.25) is 0 Å². The number of benzene rings is 3. The maximum Gasteiger partial charge on any atom is 0.244 e. The molecule has 174 valence electrons. The van der Waals surface area contributed by atoms with E-state index in [0.717, 1.165) is 17.7 Å². The van der Waals surface area contributed by atoms with Crippen molar-refractivity contribution in [3.05, 3.63) is 84.2 Å². The number of rotatable bonds is 10. The van der Waals surface area contributed by atoms with Crippen molar-refractivity contribution in [3.63, 3.8) is 0 Å². The van der Waals surface area contributed by atoms with E-state index >= 15 is 0 Å². The molecular weight excluding hydrogens is 447 g/mol. The lowest BCUT2D eigenvalue weighted by molar-refractivity contribution is -0.117. The minimum Gasteiger partial charge on any atom is -0.493 e. The topological polar surface area (TPSA) is 93.7 Å². The Bertz CT molecular complexity index is 1200. The van der Waals surface area contributed by atoms with E-state index in [9.17, 15) is 17.6 Å². The maximum absolute atomic E-state index is 14.1. The Kier molecular flexibility index (Phi) is 8.02. The van der Waals surface area contributed by atoms with E-state index in [4.69, 9.17) is 9.47 Å². The number of carbonyl (C=O) groups is 1. The van der Waals surface area contributed by atoms with Crippen LogP contribution in [0, 0.1) is 5.82 Å². The molecule has 3 aromatic rings. The number of hydrogen-bond donors (Lipinski definition) is 2. The first-order valence-corrected chi connectivity index (χ1v) is 11.7. The highest BCUT2D eigenvalue weighted by Gasteiger charge is 2.28. The van der Waals surface area contributed by atoms with Crippen LogP contribution in [0.3, 0.4) is 0 Å². The molecule has 9 heteroatoms. The van der Waals surface area contributed by atoms with Crippen LogP contribution >= 0.6 is 0 Å². The summed E-state index contributed by atoms with van der Waals surface area (Å²) in [5, 5.41) is 2.70. The Hall–Kier alpha value is -3.43. The van der Waals surface area contributed by atoms with Gasteiger partial charge in [-0.15, -0.1) is 0 Å². The number of halogens is 1. The molecule has 0 bridgehead atoms. The van der Waals surface area contributed by atoms with E-state index in [2.05, 4.69) is 10.0 Å². The summed E-state index contributed by atoms with van der Waals surface area (Å²) in [7, 11) is -2.83. The summed E-state index contributed by atoms with van der Waals surface area (Å²) in [6.45, 7) is 2.28. The molecule has 2 N–H and O–H groups in total. The predicted molar refractivity (Wildman–Crippen MR) is 123 cm³/mol. The van der Waals surface area contributed by atoms with Crippen molar-refractivity contribution in [2.24, 2.45) is 0 Å². The van der Waals surface area contributed by atoms with Crippen LogP contribution in [0.25, 0.3) is 0 Å². The second-order valence-corrected chi connectivity index (χ2v) is 8.76. The van der Waals surface area contributed by atoms with E-state index < -0.39 is 32.7 Å². The van der Waals surface area contributed by atoms with Gasteiger partial charge in [-0.3, -0.25) is 4.79 Å². The van der Waals surface area contributed by atoms with Crippen LogP contribution < -0.4 is 19.5 Å². The zero-order valence-electron chi connectivity index (χ0n) is 18.2. The quantitative estimate of drug-likeness (QED) is 0.469. The van der Waals surface area contributed by atoms with Crippen LogP contribution in [-0.4, -0.2) is 34.1 Å². The average Bonchev–Trinajstić information content (AvgIpc) is 2.80. The third-order valence-corrected chi connectivity index (χ3v) is 6.26. The van der Waals surface area contributed by atoms with E-state index in [1.807, 2.05) is 13.0 Å². The zero-order valence-corrected chi connectivity index (χ0v) is 19.1. The monoisotopic (exact) mass is 472 g/mol. The molecule has 0 spiro atoms. The molecule has 1 amide bonds. The fraction of sp³-hybridized carbons (Fsp3) is 0.208. The molecule has 0 fully saturated rings. The lowest BCUT2D eigenvalue weighted by Crippen LogP contribution is -2.45. The molecule has 0 heterocycles. The summed E-state index contributed by atoms with van der Waals surface area (Å²) in [5.74, 6) is -0.578. The summed E-state index contributed by atoms with van der Waals surface area (Å²) in [6, 6.07) is 17.6. The van der Waals surface area contributed by atoms with Gasteiger partial charge in [-0.05, 0) is 43.2 Å². The van der Waals surface area contributed by atoms with Gasteiger partial charge < -0.3 is 14.8 Å². The van der Waals surface area contributed by atoms with E-state index in [0.29, 0.717) is 23.8 Å². The SMILES string of the molecule is CCOc1ccc(NC(=O)[C@H](Cc2ccccc2)NS(=O)(=O)c2ccccc2F)cc1OC. The van der Waals surface area contributed by atoms with Gasteiger partial charge in [0.25, 0.3) is 0 Å². The van der Waals surface area contributed by atoms with Gasteiger partial charge in [0.2, 0.25) is 15.9 Å². The van der Waals surface area contributed by atoms with Gasteiger partial charge >= 0.3 is 0 Å². The minimum absolute atomic E-state index is 0.0640. The van der Waals surface area contributed by atoms with Gasteiger partial charge in [0, 0.05) is 11.8 Å². The largest absolute Gasteiger partial charge is 0.493 e. The molecule has 0 radical (unpaired) electrons. The first-order valence-electron chi connectivity index (χ1n) is 10.3. The molecule has 0 aliphatic carbocycles. The first kappa shape index (κ1) is 24.2. The van der Waals surface area contributed by atoms with Crippen molar-refractivity contribution < 1.29 is 27.1 Å². The van der Waals surface area contributed by atoms with Crippen molar-refractivity contribution in [3.8, 4) is 11.5 Å². The van der Waals surface area contributed by atoms with Crippen molar-refractivity contribution in [2.75, 3.05) is 19.0 Å². The smallest absolute Gasteiger partial charge is 0.244 e. The Morgan fingerprint density at radius 2 is 1.70 bits per heavy atom. The normalized spacial score (nSPS) is 12.1. The third-order valence-electron chi connectivity index (χ3n) is 4.75. The van der Waals surface area contributed by atoms with Crippen LogP contribution in [0.5, 0.6) is 11.5 Å². The highest BCUT2D eigenvalue weighted by molar-refractivity contribution is 7.89. The number of methoxy groups -OCH3 is 1. The number of ether oxygens (including phenoxy) is 2. The zero-order chi connectivity index (χ0) is 23.8. The number of carbonyl (C=O) groups excluding carboxylic acids is 1. The van der Waals surface area contributed by atoms with Gasteiger partial charge in [-0.25, -0.2) is 12.8 Å². The van der Waals surface area contributed by atoms with Gasteiger partial charge in [0.1, 0.15) is 16.8 Å². The molecular formula is C24H25FN2O5S. The second kappa shape index (κ2) is 10.9. The van der Waals surface area contributed by atoms with Crippen molar-refractivity contribution in [1.29, 1.82) is 0 Å². The van der Waals surface area contributed by atoms with Gasteiger partial charge in [-0.1, -0.05) is 42.5 Å². The van der Waals surface area contributed by atoms with Crippen LogP contribution in [0.15, 0.2) is 77.7 Å². The Morgan fingerprint density at radius 3 is 2.36 bits per heavy atom. The molecule has 0 aliphatic rings. The molecule has 0 saturated carbocycles. The molecule has 0 aromatic heterocycles. The van der Waals surface area contributed by atoms with Crippen LogP contribution in [0.4, 0.5) is 10.1 Å². The summed E-state index contributed by atoms with van der Waals surface area (Å²) in [6.07, 6.45) is 0.0640. The number of anilines is 1. The highest BCUT2D eigenvalue weighted by atomic mass is 32.2. The molecule has 0 aliphatic heterocycles. The standard InChI is InChI=1S/C24H25FN2O5S/c1-3-32-21-14-13-18(16-22(21)31-2)26-24(28)20(15-17-9-5-4-6-10-17)27-33(29,30)23-12-8-7-11-19(23)25/h4-14,16,20,27H,3,15H2,1-2H3,(H,26,28)/t20-/m0/s1. The number of sulfonamides is 1. The minimum atomic E-state index is -4.30. The summed E-state index contributed by atoms with van der Waals surface area (Å²) in [5.41, 5.74) is 1.13.